The predicted octanol–water partition coefficient (Wildman–Crippen LogP) is 6.03. The van der Waals surface area contributed by atoms with Crippen molar-refractivity contribution in [3.8, 4) is 5.75 Å². The lowest BCUT2D eigenvalue weighted by Gasteiger charge is -2.56. The molecule has 11 nitrogen and oxygen atoms in total. The van der Waals surface area contributed by atoms with Crippen LogP contribution in [-0.4, -0.2) is 67.1 Å². The number of carbonyl (C=O) groups excluding carboxylic acids is 2. The van der Waals surface area contributed by atoms with Gasteiger partial charge in [-0.2, -0.15) is 18.2 Å². The number of piperazine rings is 1. The number of anilines is 5. The van der Waals surface area contributed by atoms with Gasteiger partial charge in [-0.25, -0.2) is 9.99 Å². The van der Waals surface area contributed by atoms with E-state index in [1.54, 1.807) is 25.1 Å². The summed E-state index contributed by atoms with van der Waals surface area (Å²) in [4.78, 5) is 36.4. The predicted molar refractivity (Wildman–Crippen MR) is 184 cm³/mol. The molecule has 1 aromatic heterocycles. The highest BCUT2D eigenvalue weighted by Crippen LogP contribution is 2.60. The molecule has 8 rings (SSSR count). The molecule has 5 fully saturated rings. The van der Waals surface area contributed by atoms with Crippen LogP contribution in [0.4, 0.5) is 42.0 Å². The number of alkyl halides is 3. The van der Waals surface area contributed by atoms with Gasteiger partial charge in [0.15, 0.2) is 0 Å². The van der Waals surface area contributed by atoms with Gasteiger partial charge < -0.3 is 25.6 Å². The van der Waals surface area contributed by atoms with Crippen LogP contribution in [0.2, 0.25) is 0 Å². The van der Waals surface area contributed by atoms with E-state index in [1.807, 2.05) is 17.1 Å². The van der Waals surface area contributed by atoms with Crippen molar-refractivity contribution in [2.24, 2.45) is 23.2 Å². The molecule has 1 saturated heterocycles. The number of nitrogens with zero attached hydrogens (tertiary/aromatic N) is 4. The fourth-order valence-electron chi connectivity index (χ4n) is 8.85. The van der Waals surface area contributed by atoms with E-state index in [2.05, 4.69) is 36.2 Å². The maximum absolute atomic E-state index is 14.0. The van der Waals surface area contributed by atoms with E-state index in [1.165, 1.54) is 39.5 Å². The average Bonchev–Trinajstić information content (AvgIpc) is 3.08. The normalized spacial score (nSPS) is 24.5. The fourth-order valence-corrected chi connectivity index (χ4v) is 8.85. The monoisotopic (exact) mass is 692 g/mol. The van der Waals surface area contributed by atoms with Crippen molar-refractivity contribution in [3.63, 3.8) is 0 Å². The van der Waals surface area contributed by atoms with E-state index in [-0.39, 0.29) is 28.5 Å². The first kappa shape index (κ1) is 33.9. The molecular weight excluding hydrogens is 649 g/mol. The van der Waals surface area contributed by atoms with E-state index >= 15 is 0 Å². The van der Waals surface area contributed by atoms with Crippen molar-refractivity contribution < 1.29 is 27.5 Å². The van der Waals surface area contributed by atoms with Crippen molar-refractivity contribution in [2.75, 3.05) is 55.9 Å². The summed E-state index contributed by atoms with van der Waals surface area (Å²) in [5, 5.41) is 10.3. The highest BCUT2D eigenvalue weighted by Gasteiger charge is 2.55. The summed E-state index contributed by atoms with van der Waals surface area (Å²) in [5.41, 5.74) is 4.33. The number of ether oxygens (including phenoxy) is 1. The van der Waals surface area contributed by atoms with Crippen LogP contribution in [0.3, 0.4) is 0 Å². The molecular formula is C36H43F3N8O3. The first-order valence-corrected chi connectivity index (χ1v) is 17.2. The van der Waals surface area contributed by atoms with Gasteiger partial charge in [-0.1, -0.05) is 12.1 Å². The van der Waals surface area contributed by atoms with Gasteiger partial charge in [-0.05, 0) is 87.0 Å². The molecule has 14 heteroatoms. The number of methoxy groups -OCH3 is 1. The summed E-state index contributed by atoms with van der Waals surface area (Å²) in [6.07, 6.45) is 2.95. The van der Waals surface area contributed by atoms with E-state index in [4.69, 9.17) is 4.74 Å². The molecule has 50 heavy (non-hydrogen) atoms. The molecule has 4 N–H and O–H groups in total. The maximum atomic E-state index is 14.0. The van der Waals surface area contributed by atoms with E-state index in [0.717, 1.165) is 24.9 Å². The number of benzene rings is 2. The Morgan fingerprint density at radius 2 is 1.64 bits per heavy atom. The van der Waals surface area contributed by atoms with Gasteiger partial charge in [0.2, 0.25) is 11.9 Å². The Kier molecular flexibility index (Phi) is 8.99. The molecule has 2 aromatic carbocycles. The second kappa shape index (κ2) is 13.3. The molecule has 2 amide bonds. The van der Waals surface area contributed by atoms with Crippen molar-refractivity contribution in [3.05, 3.63) is 59.3 Å². The number of aryl methyl sites for hydroxylation is 1. The Balaban J connectivity index is 1.03. The number of aromatic nitrogens is 2. The van der Waals surface area contributed by atoms with E-state index in [9.17, 15) is 22.8 Å². The lowest BCUT2D eigenvalue weighted by atomic mass is 9.49. The van der Waals surface area contributed by atoms with Crippen molar-refractivity contribution >= 4 is 40.6 Å². The van der Waals surface area contributed by atoms with Crippen LogP contribution in [0, 0.1) is 30.1 Å². The van der Waals surface area contributed by atoms with Crippen LogP contribution < -0.4 is 31.0 Å². The lowest BCUT2D eigenvalue weighted by molar-refractivity contribution is -0.151. The summed E-state index contributed by atoms with van der Waals surface area (Å²) < 4.78 is 47.8. The zero-order valence-corrected chi connectivity index (χ0v) is 28.5. The number of para-hydroxylation sites is 1. The zero-order chi connectivity index (χ0) is 35.2. The topological polar surface area (TPSA) is 124 Å². The molecule has 4 saturated carbocycles. The number of hydrazine groups is 1. The third-order valence-corrected chi connectivity index (χ3v) is 10.9. The van der Waals surface area contributed by atoms with Gasteiger partial charge in [0.1, 0.15) is 17.1 Å². The average molecular weight is 693 g/mol. The number of carbonyl (C=O) groups is 2. The molecule has 3 aromatic rings. The third-order valence-electron chi connectivity index (χ3n) is 10.9. The van der Waals surface area contributed by atoms with Crippen molar-refractivity contribution in [1.82, 2.24) is 25.7 Å². The molecule has 0 spiro atoms. The minimum absolute atomic E-state index is 0.0926. The molecule has 4 aliphatic carbocycles. The number of halogens is 3. The largest absolute Gasteiger partial charge is 0.494 e. The minimum Gasteiger partial charge on any atom is -0.494 e. The van der Waals surface area contributed by atoms with Crippen LogP contribution >= 0.6 is 0 Å². The van der Waals surface area contributed by atoms with Crippen LogP contribution in [0.1, 0.15) is 60.0 Å². The summed E-state index contributed by atoms with van der Waals surface area (Å²) in [5.74, 6) is 1.75. The quantitative estimate of drug-likeness (QED) is 0.213. The van der Waals surface area contributed by atoms with Gasteiger partial charge in [-0.15, -0.1) is 0 Å². The summed E-state index contributed by atoms with van der Waals surface area (Å²) in [6.45, 7) is 4.44. The number of rotatable bonds is 9. The van der Waals surface area contributed by atoms with Gasteiger partial charge in [0.05, 0.1) is 29.5 Å². The Hall–Kier alpha value is -4.59. The standard InChI is InChI=1S/C36H43F3N8O3/c1-21-5-4-6-26(32(48)40-2)30(21)43-31-27(36(37,38)39)20-41-34(44-31)42-28-8-7-25(16-29(28)50-3)46-9-11-47(12-10-46)45-33(49)35-17-22-13-23(18-35)15-24(14-22)19-35/h4-8,16,20,22-24H,9-15,17-19H2,1-3H3,(H,40,48)(H,45,49)(H2,41,42,43,44). The summed E-state index contributed by atoms with van der Waals surface area (Å²) >= 11 is 0. The van der Waals surface area contributed by atoms with Crippen LogP contribution in [0.25, 0.3) is 0 Å². The van der Waals surface area contributed by atoms with E-state index in [0.29, 0.717) is 67.1 Å². The minimum atomic E-state index is -4.75. The third kappa shape index (κ3) is 6.64. The van der Waals surface area contributed by atoms with Gasteiger partial charge in [0, 0.05) is 51.2 Å². The first-order chi connectivity index (χ1) is 23.9. The molecule has 1 aliphatic heterocycles. The van der Waals surface area contributed by atoms with Gasteiger partial charge in [-0.3, -0.25) is 15.0 Å². The maximum Gasteiger partial charge on any atom is 0.421 e. The summed E-state index contributed by atoms with van der Waals surface area (Å²) in [6, 6.07) is 10.4. The zero-order valence-electron chi connectivity index (χ0n) is 28.5. The highest BCUT2D eigenvalue weighted by molar-refractivity contribution is 6.01. The molecule has 0 unspecified atom stereocenters. The van der Waals surface area contributed by atoms with Crippen molar-refractivity contribution in [1.29, 1.82) is 0 Å². The molecule has 0 atom stereocenters. The molecule has 4 bridgehead atoms. The number of hydrogen-bond acceptors (Lipinski definition) is 9. The Morgan fingerprint density at radius 3 is 2.26 bits per heavy atom. The first-order valence-electron chi connectivity index (χ1n) is 17.2. The smallest absolute Gasteiger partial charge is 0.421 e. The van der Waals surface area contributed by atoms with Crippen LogP contribution in [0.5, 0.6) is 5.75 Å². The number of nitrogens with one attached hydrogen (secondary N) is 4. The second-order valence-corrected chi connectivity index (χ2v) is 14.3. The van der Waals surface area contributed by atoms with Gasteiger partial charge in [0.25, 0.3) is 5.91 Å². The molecule has 5 aliphatic rings. The number of hydrogen-bond donors (Lipinski definition) is 4. The van der Waals surface area contributed by atoms with Crippen molar-refractivity contribution in [2.45, 2.75) is 51.6 Å². The lowest BCUT2D eigenvalue weighted by Crippen LogP contribution is -2.60. The number of amides is 2. The molecule has 266 valence electrons. The summed E-state index contributed by atoms with van der Waals surface area (Å²) in [7, 11) is 2.96. The molecule has 0 radical (unpaired) electrons. The fraction of sp³-hybridized carbons (Fsp3) is 0.500. The van der Waals surface area contributed by atoms with E-state index < -0.39 is 23.5 Å². The Labute approximate surface area is 289 Å². The second-order valence-electron chi connectivity index (χ2n) is 14.3. The Morgan fingerprint density at radius 1 is 0.960 bits per heavy atom. The highest BCUT2D eigenvalue weighted by atomic mass is 19.4. The van der Waals surface area contributed by atoms with Crippen LogP contribution in [0.15, 0.2) is 42.6 Å². The van der Waals surface area contributed by atoms with Crippen LogP contribution in [-0.2, 0) is 11.0 Å². The Bertz CT molecular complexity index is 1740. The SMILES string of the molecule is CNC(=O)c1cccc(C)c1Nc1nc(Nc2ccc(N3CCN(NC(=O)C45CC6CC(CC(C6)C4)C5)CC3)cc2OC)ncc1C(F)(F)F. The van der Waals surface area contributed by atoms with Gasteiger partial charge >= 0.3 is 6.18 Å². The molecule has 2 heterocycles.